The van der Waals surface area contributed by atoms with Gasteiger partial charge in [-0.25, -0.2) is 9.37 Å². The van der Waals surface area contributed by atoms with E-state index in [1.54, 1.807) is 24.9 Å². The number of pyridine rings is 1. The third-order valence-corrected chi connectivity index (χ3v) is 5.78. The summed E-state index contributed by atoms with van der Waals surface area (Å²) in [4.78, 5) is 4.24. The number of aromatic nitrogens is 3. The number of anilines is 1. The average Bonchev–Trinajstić information content (AvgIpc) is 3.22. The molecule has 0 amide bonds. The zero-order valence-corrected chi connectivity index (χ0v) is 19.4. The molecule has 1 atom stereocenters. The predicted octanol–water partition coefficient (Wildman–Crippen LogP) is 5.51. The van der Waals surface area contributed by atoms with Crippen molar-refractivity contribution in [2.24, 2.45) is 5.10 Å². The maximum Gasteiger partial charge on any atom is 0.435 e. The van der Waals surface area contributed by atoms with Crippen molar-refractivity contribution < 1.29 is 22.3 Å². The molecule has 0 fully saturated rings. The fourth-order valence-corrected chi connectivity index (χ4v) is 4.17. The fourth-order valence-electron chi connectivity index (χ4n) is 4.17. The quantitative estimate of drug-likeness (QED) is 0.299. The molecule has 35 heavy (non-hydrogen) atoms. The Labute approximate surface area is 199 Å². The molecule has 3 heterocycles. The van der Waals surface area contributed by atoms with Gasteiger partial charge >= 0.3 is 6.18 Å². The number of nitrogen functional groups attached to an aromatic ring is 1. The van der Waals surface area contributed by atoms with Crippen LogP contribution in [0.15, 0.2) is 47.2 Å². The molecule has 3 aromatic rings. The first-order valence-corrected chi connectivity index (χ1v) is 10.8. The number of hydrogen-bond donors (Lipinski definition) is 1. The second kappa shape index (κ2) is 9.05. The Hall–Kier alpha value is -3.89. The zero-order chi connectivity index (χ0) is 25.5. The van der Waals surface area contributed by atoms with E-state index in [1.165, 1.54) is 29.1 Å². The molecule has 0 radical (unpaired) electrons. The van der Waals surface area contributed by atoms with E-state index in [1.807, 2.05) is 6.92 Å². The summed E-state index contributed by atoms with van der Waals surface area (Å²) in [6.07, 6.45) is -3.91. The number of rotatable bonds is 3. The SMILES string of the molecule is C=NN(CC)/C1=C(\C)Cn2nc(C(F)(F)F)cc2-c2ccc(F)cc2[C@@H](C)Oc2cc1cnc2N. The molecule has 11 heteroatoms. The monoisotopic (exact) mass is 488 g/mol. The van der Waals surface area contributed by atoms with Gasteiger partial charge in [0.25, 0.3) is 0 Å². The Morgan fingerprint density at radius 1 is 1.29 bits per heavy atom. The molecule has 0 saturated carbocycles. The summed E-state index contributed by atoms with van der Waals surface area (Å²) < 4.78 is 62.6. The van der Waals surface area contributed by atoms with Crippen molar-refractivity contribution >= 4 is 18.2 Å². The van der Waals surface area contributed by atoms with Crippen LogP contribution in [0.5, 0.6) is 5.75 Å². The van der Waals surface area contributed by atoms with Gasteiger partial charge in [0, 0.05) is 36.1 Å². The molecule has 1 aliphatic heterocycles. The third kappa shape index (κ3) is 4.58. The largest absolute Gasteiger partial charge is 0.482 e. The number of nitrogens with zero attached hydrogens (tertiary/aromatic N) is 5. The number of alkyl halides is 3. The van der Waals surface area contributed by atoms with Crippen LogP contribution in [0, 0.1) is 5.82 Å². The van der Waals surface area contributed by atoms with Gasteiger partial charge in [-0.2, -0.15) is 23.4 Å². The van der Waals surface area contributed by atoms with Crippen LogP contribution in [0.25, 0.3) is 17.0 Å². The number of allylic oxidation sites excluding steroid dienone is 1. The van der Waals surface area contributed by atoms with Crippen molar-refractivity contribution in [1.29, 1.82) is 0 Å². The van der Waals surface area contributed by atoms with E-state index in [-0.39, 0.29) is 23.8 Å². The van der Waals surface area contributed by atoms with Gasteiger partial charge in [-0.1, -0.05) is 0 Å². The lowest BCUT2D eigenvalue weighted by Gasteiger charge is -2.26. The highest BCUT2D eigenvalue weighted by atomic mass is 19.4. The van der Waals surface area contributed by atoms with E-state index in [0.717, 1.165) is 6.07 Å². The summed E-state index contributed by atoms with van der Waals surface area (Å²) in [5, 5.41) is 9.53. The number of halogens is 4. The molecule has 1 aliphatic rings. The van der Waals surface area contributed by atoms with Crippen molar-refractivity contribution in [2.75, 3.05) is 12.3 Å². The molecule has 2 aromatic heterocycles. The van der Waals surface area contributed by atoms with Crippen molar-refractivity contribution in [2.45, 2.75) is 39.6 Å². The van der Waals surface area contributed by atoms with E-state index in [4.69, 9.17) is 10.5 Å². The minimum absolute atomic E-state index is 0.00146. The van der Waals surface area contributed by atoms with Crippen LogP contribution >= 0.6 is 0 Å². The lowest BCUT2D eigenvalue weighted by atomic mass is 9.99. The van der Waals surface area contributed by atoms with Gasteiger partial charge in [-0.3, -0.25) is 9.69 Å². The normalized spacial score (nSPS) is 18.0. The lowest BCUT2D eigenvalue weighted by Crippen LogP contribution is -2.19. The summed E-state index contributed by atoms with van der Waals surface area (Å²) in [6, 6.07) is 6.48. The Morgan fingerprint density at radius 3 is 2.69 bits per heavy atom. The minimum atomic E-state index is -4.67. The smallest absolute Gasteiger partial charge is 0.435 e. The summed E-state index contributed by atoms with van der Waals surface area (Å²) in [7, 11) is 0. The molecular formula is C24H24F4N6O. The van der Waals surface area contributed by atoms with Crippen LogP contribution in [0.2, 0.25) is 0 Å². The number of hydrazone groups is 1. The first-order chi connectivity index (χ1) is 16.5. The van der Waals surface area contributed by atoms with Crippen molar-refractivity contribution in [3.05, 3.63) is 64.7 Å². The molecule has 2 N–H and O–H groups in total. The van der Waals surface area contributed by atoms with E-state index in [9.17, 15) is 17.6 Å². The number of nitrogens with two attached hydrogens (primary N) is 1. The maximum absolute atomic E-state index is 14.2. The maximum atomic E-state index is 14.2. The Kier molecular flexibility index (Phi) is 6.27. The molecule has 4 rings (SSSR count). The van der Waals surface area contributed by atoms with Crippen LogP contribution in [0.4, 0.5) is 23.4 Å². The topological polar surface area (TPSA) is 81.6 Å². The van der Waals surface area contributed by atoms with Crippen LogP contribution in [-0.4, -0.2) is 33.0 Å². The predicted molar refractivity (Wildman–Crippen MR) is 125 cm³/mol. The molecule has 0 unspecified atom stereocenters. The number of benzene rings is 1. The van der Waals surface area contributed by atoms with Gasteiger partial charge in [0.1, 0.15) is 11.9 Å². The van der Waals surface area contributed by atoms with Crippen LogP contribution < -0.4 is 10.5 Å². The first kappa shape index (κ1) is 24.2. The molecule has 7 nitrogen and oxygen atoms in total. The zero-order valence-electron chi connectivity index (χ0n) is 19.4. The summed E-state index contributed by atoms with van der Waals surface area (Å²) in [6.45, 7) is 9.34. The standard InChI is InChI=1S/C24H24F4N6O/c1-5-33(30-4)22-13(2)12-34-19(10-21(32-34)24(26,27)28)17-7-6-16(25)9-18(17)14(3)35-20-8-15(22)11-31-23(20)29/h6-11,14H,4-5,12H2,1-3H3,(H2,29,31)/b22-13+/t14-/m1/s1. The molecule has 1 aromatic carbocycles. The molecular weight excluding hydrogens is 464 g/mol. The van der Waals surface area contributed by atoms with Crippen molar-refractivity contribution in [3.8, 4) is 17.0 Å². The second-order valence-corrected chi connectivity index (χ2v) is 8.16. The van der Waals surface area contributed by atoms with Crippen LogP contribution in [0.1, 0.15) is 43.7 Å². The Balaban J connectivity index is 2.06. The molecule has 0 saturated heterocycles. The summed E-state index contributed by atoms with van der Waals surface area (Å²) in [5.74, 6) is -0.186. The van der Waals surface area contributed by atoms with Crippen LogP contribution in [-0.2, 0) is 12.7 Å². The van der Waals surface area contributed by atoms with Gasteiger partial charge in [-0.15, -0.1) is 0 Å². The van der Waals surface area contributed by atoms with Gasteiger partial charge in [0.05, 0.1) is 17.9 Å². The average molecular weight is 488 g/mol. The highest BCUT2D eigenvalue weighted by molar-refractivity contribution is 5.71. The molecule has 184 valence electrons. The highest BCUT2D eigenvalue weighted by Gasteiger charge is 2.36. The number of ether oxygens (including phenoxy) is 1. The van der Waals surface area contributed by atoms with E-state index >= 15 is 0 Å². The Morgan fingerprint density at radius 2 is 2.03 bits per heavy atom. The summed E-state index contributed by atoms with van der Waals surface area (Å²) >= 11 is 0. The second-order valence-electron chi connectivity index (χ2n) is 8.16. The fraction of sp³-hybridized carbons (Fsp3) is 0.292. The highest BCUT2D eigenvalue weighted by Crippen LogP contribution is 2.39. The lowest BCUT2D eigenvalue weighted by molar-refractivity contribution is -0.141. The van der Waals surface area contributed by atoms with E-state index < -0.39 is 23.8 Å². The molecule has 0 spiro atoms. The van der Waals surface area contributed by atoms with Gasteiger partial charge in [-0.05, 0) is 56.7 Å². The van der Waals surface area contributed by atoms with Gasteiger partial charge < -0.3 is 10.5 Å². The first-order valence-electron chi connectivity index (χ1n) is 10.8. The van der Waals surface area contributed by atoms with E-state index in [2.05, 4.69) is 21.9 Å². The van der Waals surface area contributed by atoms with Crippen molar-refractivity contribution in [3.63, 3.8) is 0 Å². The number of hydrogen-bond acceptors (Lipinski definition) is 6. The third-order valence-electron chi connectivity index (χ3n) is 5.78. The van der Waals surface area contributed by atoms with Crippen LogP contribution in [0.3, 0.4) is 0 Å². The molecule has 0 aliphatic carbocycles. The van der Waals surface area contributed by atoms with Crippen molar-refractivity contribution in [1.82, 2.24) is 19.8 Å². The summed E-state index contributed by atoms with van der Waals surface area (Å²) in [5.41, 5.74) is 7.69. The number of fused-ring (bicyclic) bond motifs is 5. The Bertz CT molecular complexity index is 1310. The van der Waals surface area contributed by atoms with E-state index in [0.29, 0.717) is 34.5 Å². The van der Waals surface area contributed by atoms with Gasteiger partial charge in [0.15, 0.2) is 17.3 Å². The minimum Gasteiger partial charge on any atom is -0.482 e. The van der Waals surface area contributed by atoms with Gasteiger partial charge in [0.2, 0.25) is 0 Å². The molecule has 2 bridgehead atoms.